The van der Waals surface area contributed by atoms with E-state index in [0.717, 1.165) is 12.1 Å². The van der Waals surface area contributed by atoms with Gasteiger partial charge in [-0.2, -0.15) is 0 Å². The molecule has 1 saturated heterocycles. The Morgan fingerprint density at radius 1 is 1.33 bits per heavy atom. The van der Waals surface area contributed by atoms with Crippen LogP contribution in [0.4, 0.5) is 10.5 Å². The van der Waals surface area contributed by atoms with Crippen molar-refractivity contribution in [2.24, 2.45) is 0 Å². The molecule has 0 bridgehead atoms. The van der Waals surface area contributed by atoms with Crippen molar-refractivity contribution in [2.45, 2.75) is 19.9 Å². The van der Waals surface area contributed by atoms with Crippen LogP contribution < -0.4 is 5.32 Å². The van der Waals surface area contributed by atoms with E-state index in [1.165, 1.54) is 12.1 Å². The smallest absolute Gasteiger partial charge is 0.335 e. The van der Waals surface area contributed by atoms with Gasteiger partial charge >= 0.3 is 12.0 Å². The van der Waals surface area contributed by atoms with Gasteiger partial charge in [0.25, 0.3) is 0 Å². The molecule has 114 valence electrons. The Balaban J connectivity index is 2.09. The molecule has 1 heterocycles. The highest BCUT2D eigenvalue weighted by molar-refractivity contribution is 5.94. The number of benzene rings is 1. The maximum atomic E-state index is 12.3. The molecular weight excluding hydrogens is 270 g/mol. The quantitative estimate of drug-likeness (QED) is 0.872. The van der Waals surface area contributed by atoms with Crippen LogP contribution in [-0.2, 0) is 0 Å². The first-order valence-electron chi connectivity index (χ1n) is 6.98. The van der Waals surface area contributed by atoms with E-state index in [0.29, 0.717) is 24.8 Å². The van der Waals surface area contributed by atoms with Crippen LogP contribution >= 0.6 is 0 Å². The predicted molar refractivity (Wildman–Crippen MR) is 80.8 cm³/mol. The highest BCUT2D eigenvalue weighted by Crippen LogP contribution is 2.18. The Labute approximate surface area is 124 Å². The number of hydrogen-bond acceptors (Lipinski definition) is 3. The number of carboxylic acid groups (broad SMARTS) is 1. The van der Waals surface area contributed by atoms with E-state index in [9.17, 15) is 9.59 Å². The lowest BCUT2D eigenvalue weighted by atomic mass is 10.1. The summed E-state index contributed by atoms with van der Waals surface area (Å²) >= 11 is 0. The fraction of sp³-hybridized carbons (Fsp3) is 0.467. The fourth-order valence-corrected chi connectivity index (χ4v) is 2.32. The predicted octanol–water partition coefficient (Wildman–Crippen LogP) is 1.86. The molecule has 1 atom stereocenters. The zero-order valence-corrected chi connectivity index (χ0v) is 12.6. The summed E-state index contributed by atoms with van der Waals surface area (Å²) in [5, 5.41) is 11.8. The molecule has 0 aromatic heterocycles. The minimum absolute atomic E-state index is 0.169. The van der Waals surface area contributed by atoms with Crippen molar-refractivity contribution in [3.8, 4) is 0 Å². The van der Waals surface area contributed by atoms with Crippen LogP contribution in [0.15, 0.2) is 18.2 Å². The number of hydrogen-bond donors (Lipinski definition) is 2. The van der Waals surface area contributed by atoms with Gasteiger partial charge in [-0.15, -0.1) is 0 Å². The Hall–Kier alpha value is -2.08. The number of amides is 2. The van der Waals surface area contributed by atoms with Crippen molar-refractivity contribution in [3.05, 3.63) is 29.3 Å². The summed E-state index contributed by atoms with van der Waals surface area (Å²) in [7, 11) is 2.04. The van der Waals surface area contributed by atoms with Gasteiger partial charge in [0.1, 0.15) is 0 Å². The van der Waals surface area contributed by atoms with Crippen LogP contribution in [0.5, 0.6) is 0 Å². The third-order valence-corrected chi connectivity index (χ3v) is 3.97. The van der Waals surface area contributed by atoms with Crippen LogP contribution in [0.25, 0.3) is 0 Å². The zero-order chi connectivity index (χ0) is 15.6. The second kappa shape index (κ2) is 6.13. The van der Waals surface area contributed by atoms with E-state index in [4.69, 9.17) is 5.11 Å². The van der Waals surface area contributed by atoms with Crippen molar-refractivity contribution in [1.29, 1.82) is 0 Å². The van der Waals surface area contributed by atoms with Gasteiger partial charge in [0.15, 0.2) is 0 Å². The van der Waals surface area contributed by atoms with Gasteiger partial charge in [-0.25, -0.2) is 9.59 Å². The number of nitrogens with one attached hydrogen (secondary N) is 1. The summed E-state index contributed by atoms with van der Waals surface area (Å²) < 4.78 is 0. The van der Waals surface area contributed by atoms with Gasteiger partial charge in [0.05, 0.1) is 5.56 Å². The molecule has 0 aliphatic carbocycles. The van der Waals surface area contributed by atoms with Crippen molar-refractivity contribution in [1.82, 2.24) is 9.80 Å². The van der Waals surface area contributed by atoms with Crippen LogP contribution in [0.2, 0.25) is 0 Å². The number of anilines is 1. The number of likely N-dealkylation sites (N-methyl/N-ethyl adjacent to an activating group) is 1. The lowest BCUT2D eigenvalue weighted by molar-refractivity contribution is 0.0697. The molecule has 0 saturated carbocycles. The number of nitrogens with zero attached hydrogens (tertiary/aromatic N) is 2. The summed E-state index contributed by atoms with van der Waals surface area (Å²) in [6, 6.07) is 4.86. The van der Waals surface area contributed by atoms with Crippen molar-refractivity contribution in [2.75, 3.05) is 32.0 Å². The number of piperazine rings is 1. The number of carboxylic acids is 1. The Kier molecular flexibility index (Phi) is 4.47. The lowest BCUT2D eigenvalue weighted by Crippen LogP contribution is -2.53. The summed E-state index contributed by atoms with van der Waals surface area (Å²) in [6.07, 6.45) is 0. The summed E-state index contributed by atoms with van der Waals surface area (Å²) in [6.45, 7) is 6.09. The molecule has 6 heteroatoms. The second-order valence-corrected chi connectivity index (χ2v) is 5.54. The number of aryl methyl sites for hydroxylation is 1. The Bertz CT molecular complexity index is 559. The maximum Gasteiger partial charge on any atom is 0.335 e. The maximum absolute atomic E-state index is 12.3. The normalized spacial score (nSPS) is 19.4. The molecule has 6 nitrogen and oxygen atoms in total. The Morgan fingerprint density at radius 3 is 2.67 bits per heavy atom. The molecule has 1 unspecified atom stereocenters. The average Bonchev–Trinajstić information content (AvgIpc) is 2.43. The summed E-state index contributed by atoms with van der Waals surface area (Å²) in [5.41, 5.74) is 1.56. The van der Waals surface area contributed by atoms with Crippen LogP contribution in [-0.4, -0.2) is 59.6 Å². The third-order valence-electron chi connectivity index (χ3n) is 3.97. The number of carbonyl (C=O) groups excluding carboxylic acids is 1. The van der Waals surface area contributed by atoms with Gasteiger partial charge in [0, 0.05) is 31.4 Å². The third kappa shape index (κ3) is 3.52. The lowest BCUT2D eigenvalue weighted by Gasteiger charge is -2.37. The van der Waals surface area contributed by atoms with Gasteiger partial charge in [-0.05, 0) is 38.6 Å². The minimum Gasteiger partial charge on any atom is -0.478 e. The van der Waals surface area contributed by atoms with E-state index in [2.05, 4.69) is 17.1 Å². The zero-order valence-electron chi connectivity index (χ0n) is 12.6. The molecule has 2 N–H and O–H groups in total. The highest BCUT2D eigenvalue weighted by Gasteiger charge is 2.24. The molecule has 2 rings (SSSR count). The summed E-state index contributed by atoms with van der Waals surface area (Å²) in [4.78, 5) is 27.3. The number of carbonyl (C=O) groups is 2. The van der Waals surface area contributed by atoms with Crippen molar-refractivity contribution < 1.29 is 14.7 Å². The molecule has 1 aromatic carbocycles. The van der Waals surface area contributed by atoms with E-state index < -0.39 is 5.97 Å². The first-order valence-corrected chi connectivity index (χ1v) is 6.98. The number of aromatic carboxylic acids is 1. The molecule has 0 spiro atoms. The first-order chi connectivity index (χ1) is 9.88. The largest absolute Gasteiger partial charge is 0.478 e. The fourth-order valence-electron chi connectivity index (χ4n) is 2.32. The molecule has 1 aliphatic heterocycles. The molecule has 1 aromatic rings. The number of urea groups is 1. The monoisotopic (exact) mass is 291 g/mol. The SMILES string of the molecule is Cc1ccc(C(=O)O)cc1NC(=O)N1CCN(C)C(C)C1. The minimum atomic E-state index is -1.00. The highest BCUT2D eigenvalue weighted by atomic mass is 16.4. The topological polar surface area (TPSA) is 72.9 Å². The molecule has 1 fully saturated rings. The van der Waals surface area contributed by atoms with Crippen LogP contribution in [0, 0.1) is 6.92 Å². The average molecular weight is 291 g/mol. The van der Waals surface area contributed by atoms with Crippen LogP contribution in [0.1, 0.15) is 22.8 Å². The Morgan fingerprint density at radius 2 is 2.05 bits per heavy atom. The second-order valence-electron chi connectivity index (χ2n) is 5.54. The molecule has 21 heavy (non-hydrogen) atoms. The molecule has 2 amide bonds. The van der Waals surface area contributed by atoms with E-state index >= 15 is 0 Å². The molecule has 0 radical (unpaired) electrons. The number of rotatable bonds is 2. The van der Waals surface area contributed by atoms with E-state index in [1.807, 2.05) is 14.0 Å². The van der Waals surface area contributed by atoms with E-state index in [-0.39, 0.29) is 11.6 Å². The summed E-state index contributed by atoms with van der Waals surface area (Å²) in [5.74, 6) is -1.00. The van der Waals surface area contributed by atoms with Gasteiger partial charge in [-0.1, -0.05) is 6.07 Å². The van der Waals surface area contributed by atoms with Crippen molar-refractivity contribution >= 4 is 17.7 Å². The van der Waals surface area contributed by atoms with Gasteiger partial charge in [0.2, 0.25) is 0 Å². The molecule has 1 aliphatic rings. The molecular formula is C15H21N3O3. The van der Waals surface area contributed by atoms with Crippen LogP contribution in [0.3, 0.4) is 0 Å². The van der Waals surface area contributed by atoms with E-state index in [1.54, 1.807) is 11.0 Å². The first kappa shape index (κ1) is 15.3. The van der Waals surface area contributed by atoms with Gasteiger partial charge < -0.3 is 20.2 Å². The standard InChI is InChI=1S/C15H21N3O3/c1-10-4-5-12(14(19)20)8-13(10)16-15(21)18-7-6-17(3)11(2)9-18/h4-5,8,11H,6-7,9H2,1-3H3,(H,16,21)(H,19,20). The van der Waals surface area contributed by atoms with Crippen molar-refractivity contribution in [3.63, 3.8) is 0 Å². The van der Waals surface area contributed by atoms with Gasteiger partial charge in [-0.3, -0.25) is 0 Å².